The number of benzene rings is 2. The van der Waals surface area contributed by atoms with Crippen molar-refractivity contribution in [1.82, 2.24) is 5.32 Å². The van der Waals surface area contributed by atoms with Gasteiger partial charge in [-0.2, -0.15) is 13.2 Å². The van der Waals surface area contributed by atoms with Gasteiger partial charge < -0.3 is 10.4 Å². The normalized spacial score (nSPS) is 14.9. The summed E-state index contributed by atoms with van der Waals surface area (Å²) in [7, 11) is 0. The average Bonchev–Trinajstić information content (AvgIpc) is 2.64. The molecule has 2 aromatic rings. The van der Waals surface area contributed by atoms with Gasteiger partial charge >= 0.3 is 12.1 Å². The maximum Gasteiger partial charge on any atom is 0.490 e. The molecular formula is C20H21F4NO2S. The maximum absolute atomic E-state index is 13.7. The van der Waals surface area contributed by atoms with Crippen LogP contribution in [0.1, 0.15) is 29.9 Å². The summed E-state index contributed by atoms with van der Waals surface area (Å²) in [5.41, 5.74) is 2.54. The first-order valence-electron chi connectivity index (χ1n) is 8.71. The lowest BCUT2D eigenvalue weighted by Gasteiger charge is -2.25. The van der Waals surface area contributed by atoms with Crippen molar-refractivity contribution < 1.29 is 27.5 Å². The van der Waals surface area contributed by atoms with E-state index in [1.807, 2.05) is 6.07 Å². The van der Waals surface area contributed by atoms with Crippen LogP contribution in [0, 0.1) is 12.7 Å². The Labute approximate surface area is 165 Å². The fourth-order valence-corrected chi connectivity index (χ4v) is 3.85. The number of carboxylic acid groups (broad SMARTS) is 1. The van der Waals surface area contributed by atoms with E-state index in [9.17, 15) is 17.6 Å². The number of carboxylic acids is 1. The summed E-state index contributed by atoms with van der Waals surface area (Å²) < 4.78 is 45.4. The third-order valence-corrected chi connectivity index (χ3v) is 5.33. The van der Waals surface area contributed by atoms with E-state index in [-0.39, 0.29) is 5.82 Å². The van der Waals surface area contributed by atoms with Crippen LogP contribution >= 0.6 is 11.8 Å². The molecule has 0 atom stereocenters. The zero-order valence-electron chi connectivity index (χ0n) is 15.2. The number of carbonyl (C=O) groups is 1. The average molecular weight is 415 g/mol. The lowest BCUT2D eigenvalue weighted by Crippen LogP contribution is -2.26. The first-order valence-corrected chi connectivity index (χ1v) is 9.53. The van der Waals surface area contributed by atoms with Crippen LogP contribution in [0.25, 0.3) is 0 Å². The van der Waals surface area contributed by atoms with Crippen LogP contribution in [-0.4, -0.2) is 30.3 Å². The summed E-state index contributed by atoms with van der Waals surface area (Å²) in [4.78, 5) is 11.1. The Morgan fingerprint density at radius 2 is 1.68 bits per heavy atom. The van der Waals surface area contributed by atoms with E-state index in [1.165, 1.54) is 16.0 Å². The van der Waals surface area contributed by atoms with Gasteiger partial charge in [-0.05, 0) is 68.6 Å². The van der Waals surface area contributed by atoms with Crippen molar-refractivity contribution in [2.75, 3.05) is 13.1 Å². The molecule has 152 valence electrons. The van der Waals surface area contributed by atoms with Gasteiger partial charge in [0.1, 0.15) is 5.82 Å². The molecular weight excluding hydrogens is 394 g/mol. The molecule has 0 aliphatic carbocycles. The lowest BCUT2D eigenvalue weighted by atomic mass is 9.90. The molecule has 1 aliphatic heterocycles. The molecule has 3 nitrogen and oxygen atoms in total. The topological polar surface area (TPSA) is 49.3 Å². The molecule has 0 bridgehead atoms. The number of piperidine rings is 1. The quantitative estimate of drug-likeness (QED) is 0.661. The highest BCUT2D eigenvalue weighted by Gasteiger charge is 2.38. The van der Waals surface area contributed by atoms with E-state index in [0.717, 1.165) is 30.8 Å². The highest BCUT2D eigenvalue weighted by atomic mass is 32.2. The Morgan fingerprint density at radius 3 is 2.21 bits per heavy atom. The van der Waals surface area contributed by atoms with Crippen molar-refractivity contribution in [2.24, 2.45) is 0 Å². The van der Waals surface area contributed by atoms with Crippen molar-refractivity contribution >= 4 is 17.7 Å². The molecule has 0 radical (unpaired) electrons. The SMILES string of the molecule is Cc1ccc(Sc2cc(F)ccc2C2CCNCC2)cc1.O=C(O)C(F)(F)F. The second-order valence-electron chi connectivity index (χ2n) is 6.42. The summed E-state index contributed by atoms with van der Waals surface area (Å²) in [6, 6.07) is 13.7. The van der Waals surface area contributed by atoms with E-state index in [2.05, 4.69) is 36.5 Å². The summed E-state index contributed by atoms with van der Waals surface area (Å²) in [6.45, 7) is 4.18. The molecule has 3 rings (SSSR count). The van der Waals surface area contributed by atoms with Crippen LogP contribution in [0.15, 0.2) is 52.3 Å². The summed E-state index contributed by atoms with van der Waals surface area (Å²) in [5, 5.41) is 10.5. The van der Waals surface area contributed by atoms with E-state index in [0.29, 0.717) is 5.92 Å². The van der Waals surface area contributed by atoms with Crippen LogP contribution < -0.4 is 5.32 Å². The molecule has 2 N–H and O–H groups in total. The highest BCUT2D eigenvalue weighted by Crippen LogP contribution is 2.37. The predicted molar refractivity (Wildman–Crippen MR) is 100 cm³/mol. The minimum atomic E-state index is -5.08. The zero-order valence-corrected chi connectivity index (χ0v) is 16.0. The zero-order chi connectivity index (χ0) is 20.7. The molecule has 0 spiro atoms. The van der Waals surface area contributed by atoms with Crippen LogP contribution in [0.2, 0.25) is 0 Å². The number of alkyl halides is 3. The van der Waals surface area contributed by atoms with Crippen LogP contribution in [0.5, 0.6) is 0 Å². The number of hydrogen-bond donors (Lipinski definition) is 2. The monoisotopic (exact) mass is 415 g/mol. The lowest BCUT2D eigenvalue weighted by molar-refractivity contribution is -0.192. The molecule has 0 amide bonds. The number of rotatable bonds is 3. The van der Waals surface area contributed by atoms with Gasteiger partial charge in [0.25, 0.3) is 0 Å². The van der Waals surface area contributed by atoms with Crippen molar-refractivity contribution in [2.45, 2.75) is 41.7 Å². The van der Waals surface area contributed by atoms with Gasteiger partial charge in [-0.1, -0.05) is 35.5 Å². The molecule has 0 saturated carbocycles. The first kappa shape index (κ1) is 22.2. The molecule has 0 unspecified atom stereocenters. The largest absolute Gasteiger partial charge is 0.490 e. The smallest absolute Gasteiger partial charge is 0.475 e. The van der Waals surface area contributed by atoms with Crippen LogP contribution in [0.4, 0.5) is 17.6 Å². The molecule has 1 aliphatic rings. The predicted octanol–water partition coefficient (Wildman–Crippen LogP) is 5.39. The van der Waals surface area contributed by atoms with Crippen LogP contribution in [0.3, 0.4) is 0 Å². The molecule has 1 saturated heterocycles. The summed E-state index contributed by atoms with van der Waals surface area (Å²) in [5.74, 6) is -2.37. The molecule has 2 aromatic carbocycles. The molecule has 28 heavy (non-hydrogen) atoms. The van der Waals surface area contributed by atoms with E-state index in [1.54, 1.807) is 23.9 Å². The van der Waals surface area contributed by atoms with Crippen molar-refractivity contribution in [3.05, 3.63) is 59.4 Å². The Kier molecular flexibility index (Phi) is 7.88. The summed E-state index contributed by atoms with van der Waals surface area (Å²) in [6.07, 6.45) is -2.82. The van der Waals surface area contributed by atoms with Gasteiger partial charge in [0.15, 0.2) is 0 Å². The fourth-order valence-electron chi connectivity index (χ4n) is 2.80. The molecule has 0 aromatic heterocycles. The Balaban J connectivity index is 0.000000345. The number of aliphatic carboxylic acids is 1. The molecule has 1 fully saturated rings. The Bertz CT molecular complexity index is 788. The van der Waals surface area contributed by atoms with E-state index < -0.39 is 12.1 Å². The minimum Gasteiger partial charge on any atom is -0.475 e. The van der Waals surface area contributed by atoms with Gasteiger partial charge in [0, 0.05) is 9.79 Å². The third kappa shape index (κ3) is 6.83. The fraction of sp³-hybridized carbons (Fsp3) is 0.350. The van der Waals surface area contributed by atoms with Gasteiger partial charge in [0.2, 0.25) is 0 Å². The third-order valence-electron chi connectivity index (χ3n) is 4.25. The van der Waals surface area contributed by atoms with Gasteiger partial charge in [-0.25, -0.2) is 9.18 Å². The van der Waals surface area contributed by atoms with Gasteiger partial charge in [-0.15, -0.1) is 0 Å². The van der Waals surface area contributed by atoms with E-state index >= 15 is 0 Å². The number of aryl methyl sites for hydroxylation is 1. The summed E-state index contributed by atoms with van der Waals surface area (Å²) >= 11 is 1.67. The van der Waals surface area contributed by atoms with Crippen molar-refractivity contribution in [3.8, 4) is 0 Å². The van der Waals surface area contributed by atoms with Crippen molar-refractivity contribution in [3.63, 3.8) is 0 Å². The highest BCUT2D eigenvalue weighted by molar-refractivity contribution is 7.99. The number of halogens is 4. The molecule has 1 heterocycles. The first-order chi connectivity index (χ1) is 13.2. The second kappa shape index (κ2) is 9.93. The van der Waals surface area contributed by atoms with E-state index in [4.69, 9.17) is 9.90 Å². The Hall–Kier alpha value is -2.06. The number of nitrogens with one attached hydrogen (secondary N) is 1. The van der Waals surface area contributed by atoms with Gasteiger partial charge in [-0.3, -0.25) is 0 Å². The minimum absolute atomic E-state index is 0.151. The number of hydrogen-bond acceptors (Lipinski definition) is 3. The Morgan fingerprint density at radius 1 is 1.11 bits per heavy atom. The maximum atomic E-state index is 13.7. The molecule has 8 heteroatoms. The van der Waals surface area contributed by atoms with Crippen LogP contribution in [-0.2, 0) is 4.79 Å². The standard InChI is InChI=1S/C18H20FNS.C2HF3O2/c1-13-2-5-16(6-3-13)21-18-12-15(19)4-7-17(18)14-8-10-20-11-9-14;3-2(4,5)1(6)7/h2-7,12,14,20H,8-11H2,1H3;(H,6,7). The van der Waals surface area contributed by atoms with Gasteiger partial charge in [0.05, 0.1) is 0 Å². The second-order valence-corrected chi connectivity index (χ2v) is 7.54. The van der Waals surface area contributed by atoms with Crippen molar-refractivity contribution in [1.29, 1.82) is 0 Å².